The van der Waals surface area contributed by atoms with Crippen LogP contribution in [0.1, 0.15) is 30.0 Å². The fourth-order valence-electron chi connectivity index (χ4n) is 2.79. The number of carbonyl (C=O) groups excluding carboxylic acids is 1. The summed E-state index contributed by atoms with van der Waals surface area (Å²) >= 11 is 0. The van der Waals surface area contributed by atoms with Gasteiger partial charge in [-0.3, -0.25) is 4.79 Å². The van der Waals surface area contributed by atoms with Crippen LogP contribution in [0.3, 0.4) is 0 Å². The molecule has 0 bridgehead atoms. The van der Waals surface area contributed by atoms with Crippen LogP contribution in [-0.2, 0) is 10.0 Å². The molecule has 1 N–H and O–H groups in total. The summed E-state index contributed by atoms with van der Waals surface area (Å²) in [6.45, 7) is 5.17. The molecule has 0 aliphatic carbocycles. The van der Waals surface area contributed by atoms with Crippen molar-refractivity contribution in [3.05, 3.63) is 65.7 Å². The second-order valence-corrected chi connectivity index (χ2v) is 9.06. The average molecular weight is 431 g/mol. The fourth-order valence-corrected chi connectivity index (χ4v) is 4.16. The van der Waals surface area contributed by atoms with Gasteiger partial charge in [0, 0.05) is 24.3 Å². The lowest BCUT2D eigenvalue weighted by Gasteiger charge is -2.21. The first kappa shape index (κ1) is 21.7. The highest BCUT2D eigenvalue weighted by molar-refractivity contribution is 7.89. The third kappa shape index (κ3) is 4.27. The van der Waals surface area contributed by atoms with E-state index in [0.29, 0.717) is 22.7 Å². The number of nitrogens with one attached hydrogen (secondary N) is 1. The Morgan fingerprint density at radius 1 is 1.10 bits per heavy atom. The van der Waals surface area contributed by atoms with Gasteiger partial charge in [-0.1, -0.05) is 5.16 Å². The molecule has 3 rings (SSSR count). The SMILES string of the molecule is Cc1onc(-c2ccc(F)cc2)c1C(=O)Nc1ccc(S(=O)(=O)N(C)C(C)C)cc1. The van der Waals surface area contributed by atoms with E-state index in [-0.39, 0.29) is 16.5 Å². The number of rotatable bonds is 6. The summed E-state index contributed by atoms with van der Waals surface area (Å²) in [5.74, 6) is -0.560. The second-order valence-electron chi connectivity index (χ2n) is 7.06. The van der Waals surface area contributed by atoms with E-state index in [2.05, 4.69) is 10.5 Å². The topological polar surface area (TPSA) is 92.5 Å². The molecule has 0 atom stereocenters. The molecule has 9 heteroatoms. The summed E-state index contributed by atoms with van der Waals surface area (Å²) in [7, 11) is -2.10. The predicted molar refractivity (Wildman–Crippen MR) is 111 cm³/mol. The zero-order valence-electron chi connectivity index (χ0n) is 17.0. The van der Waals surface area contributed by atoms with Crippen molar-refractivity contribution in [2.75, 3.05) is 12.4 Å². The molecule has 0 spiro atoms. The minimum Gasteiger partial charge on any atom is -0.360 e. The molecule has 0 saturated carbocycles. The number of amides is 1. The van der Waals surface area contributed by atoms with E-state index in [0.717, 1.165) is 0 Å². The molecule has 1 heterocycles. The summed E-state index contributed by atoms with van der Waals surface area (Å²) in [5.41, 5.74) is 1.47. The van der Waals surface area contributed by atoms with Gasteiger partial charge >= 0.3 is 0 Å². The van der Waals surface area contributed by atoms with Crippen molar-refractivity contribution in [3.8, 4) is 11.3 Å². The highest BCUT2D eigenvalue weighted by Gasteiger charge is 2.24. The predicted octanol–water partition coefficient (Wildman–Crippen LogP) is 4.07. The van der Waals surface area contributed by atoms with Gasteiger partial charge in [0.05, 0.1) is 4.90 Å². The summed E-state index contributed by atoms with van der Waals surface area (Å²) in [4.78, 5) is 13.0. The Labute approximate surface area is 174 Å². The maximum atomic E-state index is 13.2. The van der Waals surface area contributed by atoms with E-state index < -0.39 is 21.7 Å². The van der Waals surface area contributed by atoms with Crippen LogP contribution in [0.2, 0.25) is 0 Å². The number of nitrogens with zero attached hydrogens (tertiary/aromatic N) is 2. The first-order valence-corrected chi connectivity index (χ1v) is 10.7. The van der Waals surface area contributed by atoms with Gasteiger partial charge in [-0.2, -0.15) is 4.31 Å². The Morgan fingerprint density at radius 2 is 1.70 bits per heavy atom. The first-order valence-electron chi connectivity index (χ1n) is 9.23. The molecule has 30 heavy (non-hydrogen) atoms. The standard InChI is InChI=1S/C21H22FN3O4S/c1-13(2)25(4)30(27,28)18-11-9-17(10-12-18)23-21(26)19-14(3)29-24-20(19)15-5-7-16(22)8-6-15/h5-13H,1-4H3,(H,23,26). The lowest BCUT2D eigenvalue weighted by molar-refractivity contribution is 0.102. The molecular formula is C21H22FN3O4S. The van der Waals surface area contributed by atoms with Gasteiger partial charge in [0.1, 0.15) is 22.8 Å². The fraction of sp³-hybridized carbons (Fsp3) is 0.238. The van der Waals surface area contributed by atoms with E-state index in [9.17, 15) is 17.6 Å². The number of hydrogen-bond acceptors (Lipinski definition) is 5. The largest absolute Gasteiger partial charge is 0.360 e. The molecule has 158 valence electrons. The first-order chi connectivity index (χ1) is 14.1. The van der Waals surface area contributed by atoms with Crippen LogP contribution in [0, 0.1) is 12.7 Å². The number of halogens is 1. The van der Waals surface area contributed by atoms with Crippen LogP contribution >= 0.6 is 0 Å². The lowest BCUT2D eigenvalue weighted by atomic mass is 10.1. The lowest BCUT2D eigenvalue weighted by Crippen LogP contribution is -2.33. The molecule has 1 amide bonds. The average Bonchev–Trinajstić information content (AvgIpc) is 3.09. The molecule has 0 saturated heterocycles. The van der Waals surface area contributed by atoms with Crippen molar-refractivity contribution in [2.45, 2.75) is 31.7 Å². The van der Waals surface area contributed by atoms with Crippen molar-refractivity contribution in [1.29, 1.82) is 0 Å². The normalized spacial score (nSPS) is 11.8. The van der Waals surface area contributed by atoms with Gasteiger partial charge in [0.15, 0.2) is 0 Å². The number of benzene rings is 2. The van der Waals surface area contributed by atoms with Crippen LogP contribution in [0.4, 0.5) is 10.1 Å². The molecular weight excluding hydrogens is 409 g/mol. The Hall–Kier alpha value is -3.04. The second kappa shape index (κ2) is 8.37. The van der Waals surface area contributed by atoms with Gasteiger partial charge in [-0.15, -0.1) is 0 Å². The number of carbonyl (C=O) groups is 1. The Kier molecular flexibility index (Phi) is 6.04. The smallest absolute Gasteiger partial charge is 0.261 e. The summed E-state index contributed by atoms with van der Waals surface area (Å²) in [6.07, 6.45) is 0. The zero-order chi connectivity index (χ0) is 22.1. The molecule has 1 aromatic heterocycles. The molecule has 0 unspecified atom stereocenters. The van der Waals surface area contributed by atoms with Crippen molar-refractivity contribution >= 4 is 21.6 Å². The van der Waals surface area contributed by atoms with E-state index >= 15 is 0 Å². The highest BCUT2D eigenvalue weighted by atomic mass is 32.2. The van der Waals surface area contributed by atoms with Crippen LogP contribution in [0.25, 0.3) is 11.3 Å². The van der Waals surface area contributed by atoms with E-state index in [1.807, 2.05) is 0 Å². The van der Waals surface area contributed by atoms with E-state index in [1.165, 1.54) is 59.9 Å². The molecule has 0 radical (unpaired) electrons. The van der Waals surface area contributed by atoms with Crippen LogP contribution in [-0.4, -0.2) is 36.9 Å². The number of anilines is 1. The molecule has 0 aliphatic rings. The van der Waals surface area contributed by atoms with Crippen molar-refractivity contribution in [2.24, 2.45) is 0 Å². The third-order valence-electron chi connectivity index (χ3n) is 4.72. The van der Waals surface area contributed by atoms with Crippen LogP contribution in [0.15, 0.2) is 57.9 Å². The Bertz CT molecular complexity index is 1150. The van der Waals surface area contributed by atoms with Gasteiger partial charge in [0.25, 0.3) is 5.91 Å². The molecule has 7 nitrogen and oxygen atoms in total. The number of sulfonamides is 1. The number of hydrogen-bond donors (Lipinski definition) is 1. The number of aromatic nitrogens is 1. The van der Waals surface area contributed by atoms with Crippen LogP contribution in [0.5, 0.6) is 0 Å². The third-order valence-corrected chi connectivity index (χ3v) is 6.77. The Morgan fingerprint density at radius 3 is 2.27 bits per heavy atom. The summed E-state index contributed by atoms with van der Waals surface area (Å²) in [5, 5.41) is 6.63. The van der Waals surface area contributed by atoms with Gasteiger partial charge in [-0.05, 0) is 69.3 Å². The zero-order valence-corrected chi connectivity index (χ0v) is 17.8. The summed E-state index contributed by atoms with van der Waals surface area (Å²) < 4.78 is 44.7. The van der Waals surface area contributed by atoms with Crippen molar-refractivity contribution in [3.63, 3.8) is 0 Å². The minimum absolute atomic E-state index is 0.129. The number of aryl methyl sites for hydroxylation is 1. The van der Waals surface area contributed by atoms with Crippen LogP contribution < -0.4 is 5.32 Å². The van der Waals surface area contributed by atoms with Crippen molar-refractivity contribution < 1.29 is 22.1 Å². The molecule has 2 aromatic carbocycles. The molecule has 0 aliphatic heterocycles. The van der Waals surface area contributed by atoms with Gasteiger partial charge in [0.2, 0.25) is 10.0 Å². The van der Waals surface area contributed by atoms with Gasteiger partial charge < -0.3 is 9.84 Å². The maximum absolute atomic E-state index is 13.2. The molecule has 3 aromatic rings. The minimum atomic E-state index is -3.61. The van der Waals surface area contributed by atoms with E-state index in [1.54, 1.807) is 20.8 Å². The molecule has 0 fully saturated rings. The monoisotopic (exact) mass is 431 g/mol. The highest BCUT2D eigenvalue weighted by Crippen LogP contribution is 2.27. The van der Waals surface area contributed by atoms with E-state index in [4.69, 9.17) is 4.52 Å². The quantitative estimate of drug-likeness (QED) is 0.635. The van der Waals surface area contributed by atoms with Gasteiger partial charge in [-0.25, -0.2) is 12.8 Å². The van der Waals surface area contributed by atoms with Crippen molar-refractivity contribution in [1.82, 2.24) is 9.46 Å². The maximum Gasteiger partial charge on any atom is 0.261 e. The summed E-state index contributed by atoms with van der Waals surface area (Å²) in [6, 6.07) is 11.3. The Balaban J connectivity index is 1.84.